The zero-order chi connectivity index (χ0) is 59.0. The SMILES string of the molecule is CCc1c(N(c2ccccc2)c2cc(N(c3ccccc3)c3sc4ccccc4c3CC)c3ccc4c(N(c5ccccc5)c5sc6ccccc6c5CC)cc(N(c5ccccc5)c5sc6ccccc6c5CC)c5ccc2c3c54)sc2ccccc12. The van der Waals surface area contributed by atoms with E-state index in [0.29, 0.717) is 0 Å². The molecule has 0 N–H and O–H groups in total. The van der Waals surface area contributed by atoms with Crippen LogP contribution in [0, 0.1) is 0 Å². The Morgan fingerprint density at radius 1 is 0.227 bits per heavy atom. The first-order valence-electron chi connectivity index (χ1n) is 30.7. The fraction of sp³-hybridized carbons (Fsp3) is 0.100. The van der Waals surface area contributed by atoms with Crippen LogP contribution >= 0.6 is 45.3 Å². The molecule has 0 radical (unpaired) electrons. The summed E-state index contributed by atoms with van der Waals surface area (Å²) in [6.07, 6.45) is 3.52. The molecule has 16 aromatic rings. The number of thiophene rings is 4. The first kappa shape index (κ1) is 54.1. The summed E-state index contributed by atoms with van der Waals surface area (Å²) in [5, 5.41) is 17.4. The molecule has 0 saturated carbocycles. The Hall–Kier alpha value is -9.28. The molecule has 0 spiro atoms. The van der Waals surface area contributed by atoms with Gasteiger partial charge in [-0.2, -0.15) is 0 Å². The third kappa shape index (κ3) is 8.71. The Kier molecular flexibility index (Phi) is 13.8. The summed E-state index contributed by atoms with van der Waals surface area (Å²) < 4.78 is 5.14. The zero-order valence-electron chi connectivity index (χ0n) is 49.5. The summed E-state index contributed by atoms with van der Waals surface area (Å²) in [5.41, 5.74) is 14.4. The molecular weight excluding hydrogens is 1150 g/mol. The molecule has 426 valence electrons. The van der Waals surface area contributed by atoms with Crippen molar-refractivity contribution in [3.05, 3.63) is 277 Å². The molecule has 4 heterocycles. The first-order valence-corrected chi connectivity index (χ1v) is 34.0. The quantitative estimate of drug-likeness (QED) is 0.0894. The number of benzene rings is 12. The lowest BCUT2D eigenvalue weighted by Crippen LogP contribution is -2.16. The maximum atomic E-state index is 2.61. The third-order valence-electron chi connectivity index (χ3n) is 17.8. The highest BCUT2D eigenvalue weighted by Crippen LogP contribution is 2.59. The molecule has 88 heavy (non-hydrogen) atoms. The average Bonchev–Trinajstić information content (AvgIpc) is 2.22. The van der Waals surface area contributed by atoms with E-state index in [-0.39, 0.29) is 0 Å². The largest absolute Gasteiger partial charge is 0.301 e. The molecule has 0 aliphatic heterocycles. The van der Waals surface area contributed by atoms with Gasteiger partial charge in [0.25, 0.3) is 0 Å². The maximum Gasteiger partial charge on any atom is 0.104 e. The van der Waals surface area contributed by atoms with Gasteiger partial charge < -0.3 is 19.6 Å². The highest BCUT2D eigenvalue weighted by atomic mass is 32.1. The second-order valence-electron chi connectivity index (χ2n) is 22.5. The number of hydrogen-bond donors (Lipinski definition) is 0. The van der Waals surface area contributed by atoms with E-state index >= 15 is 0 Å². The summed E-state index contributed by atoms with van der Waals surface area (Å²) in [6, 6.07) is 95.6. The van der Waals surface area contributed by atoms with Crippen LogP contribution in [0.4, 0.5) is 65.5 Å². The Morgan fingerprint density at radius 3 is 0.648 bits per heavy atom. The van der Waals surface area contributed by atoms with Gasteiger partial charge in [0.1, 0.15) is 20.0 Å². The minimum Gasteiger partial charge on any atom is -0.301 e. The Morgan fingerprint density at radius 2 is 0.432 bits per heavy atom. The van der Waals surface area contributed by atoms with Crippen molar-refractivity contribution in [2.24, 2.45) is 0 Å². The average molecular weight is 1210 g/mol. The van der Waals surface area contributed by atoms with E-state index in [0.717, 1.165) is 71.2 Å². The van der Waals surface area contributed by atoms with Gasteiger partial charge in [-0.3, -0.25) is 0 Å². The van der Waals surface area contributed by atoms with Crippen LogP contribution in [0.15, 0.2) is 255 Å². The number of hydrogen-bond acceptors (Lipinski definition) is 8. The van der Waals surface area contributed by atoms with E-state index in [1.807, 2.05) is 45.3 Å². The molecule has 0 saturated heterocycles. The molecule has 0 bridgehead atoms. The maximum absolute atomic E-state index is 2.61. The van der Waals surface area contributed by atoms with Crippen molar-refractivity contribution >= 4 is 184 Å². The smallest absolute Gasteiger partial charge is 0.104 e. The molecule has 0 aliphatic rings. The number of nitrogens with zero attached hydrogens (tertiary/aromatic N) is 4. The zero-order valence-corrected chi connectivity index (χ0v) is 52.8. The van der Waals surface area contributed by atoms with Crippen LogP contribution in [0.3, 0.4) is 0 Å². The minimum atomic E-state index is 0.880. The van der Waals surface area contributed by atoms with Gasteiger partial charge in [0, 0.05) is 73.9 Å². The summed E-state index contributed by atoms with van der Waals surface area (Å²) in [4.78, 5) is 10.4. The van der Waals surface area contributed by atoms with Crippen molar-refractivity contribution in [2.45, 2.75) is 53.4 Å². The Balaban J connectivity index is 1.12. The predicted molar refractivity (Wildman–Crippen MR) is 388 cm³/mol. The number of para-hydroxylation sites is 4. The van der Waals surface area contributed by atoms with Gasteiger partial charge in [0.2, 0.25) is 0 Å². The van der Waals surface area contributed by atoms with Gasteiger partial charge in [-0.25, -0.2) is 0 Å². The third-order valence-corrected chi connectivity index (χ3v) is 22.6. The van der Waals surface area contributed by atoms with Crippen molar-refractivity contribution < 1.29 is 0 Å². The fourth-order valence-electron chi connectivity index (χ4n) is 13.9. The molecule has 12 aromatic carbocycles. The van der Waals surface area contributed by atoms with Crippen molar-refractivity contribution in [1.29, 1.82) is 0 Å². The van der Waals surface area contributed by atoms with Crippen LogP contribution in [-0.2, 0) is 25.7 Å². The summed E-state index contributed by atoms with van der Waals surface area (Å²) >= 11 is 7.59. The number of fused-ring (bicyclic) bond motifs is 4. The highest BCUT2D eigenvalue weighted by Gasteiger charge is 2.33. The second-order valence-corrected chi connectivity index (χ2v) is 26.6. The van der Waals surface area contributed by atoms with Gasteiger partial charge in [-0.1, -0.05) is 198 Å². The monoisotopic (exact) mass is 1210 g/mol. The molecule has 0 fully saturated rings. The molecule has 4 nitrogen and oxygen atoms in total. The molecule has 0 aliphatic carbocycles. The number of anilines is 12. The van der Waals surface area contributed by atoms with Crippen LogP contribution in [0.2, 0.25) is 0 Å². The van der Waals surface area contributed by atoms with E-state index in [1.165, 1.54) is 115 Å². The molecule has 16 rings (SSSR count). The van der Waals surface area contributed by atoms with Gasteiger partial charge in [0.05, 0.1) is 22.7 Å². The number of rotatable bonds is 16. The lowest BCUT2D eigenvalue weighted by molar-refractivity contribution is 1.15. The topological polar surface area (TPSA) is 13.0 Å². The molecular formula is C80H62N4S4. The normalized spacial score (nSPS) is 11.8. The summed E-state index contributed by atoms with van der Waals surface area (Å²) in [7, 11) is 0. The van der Waals surface area contributed by atoms with Crippen LogP contribution in [0.1, 0.15) is 49.9 Å². The lowest BCUT2D eigenvalue weighted by Gasteiger charge is -2.34. The van der Waals surface area contributed by atoms with Gasteiger partial charge in [-0.15, -0.1) is 45.3 Å². The van der Waals surface area contributed by atoms with Crippen LogP contribution in [0.5, 0.6) is 0 Å². The molecule has 0 amide bonds. The van der Waals surface area contributed by atoms with Crippen molar-refractivity contribution in [1.82, 2.24) is 0 Å². The van der Waals surface area contributed by atoms with Crippen LogP contribution in [-0.4, -0.2) is 0 Å². The molecule has 4 aromatic heterocycles. The standard InChI is InChI=1S/C80H62N4S4/c1-5-55-59-37-21-25-41-71(59)85-77(55)81(51-29-13-9-14-30-51)67-49-68(82(52-31-15-10-16-32-52)78-56(6-2)60-38-22-26-42-72(60)86-78)64-47-48-66-70(84(54-35-19-12-20-36-54)80-58(8-4)62-40-24-28-44-74(62)88-80)50-69(65-46-45-63(67)75(64)76(65)66)83(53-33-17-11-18-34-53)79-57(7-3)61-39-23-27-43-73(61)87-79/h9-50H,5-8H2,1-4H3. The first-order chi connectivity index (χ1) is 43.5. The van der Waals surface area contributed by atoms with Crippen molar-refractivity contribution in [3.63, 3.8) is 0 Å². The summed E-state index contributed by atoms with van der Waals surface area (Å²) in [6.45, 7) is 9.29. The summed E-state index contributed by atoms with van der Waals surface area (Å²) in [5.74, 6) is 0. The van der Waals surface area contributed by atoms with E-state index in [9.17, 15) is 0 Å². The van der Waals surface area contributed by atoms with E-state index in [2.05, 4.69) is 302 Å². The Bertz CT molecular complexity index is 4590. The molecule has 0 unspecified atom stereocenters. The van der Waals surface area contributed by atoms with Gasteiger partial charge >= 0.3 is 0 Å². The van der Waals surface area contributed by atoms with Gasteiger partial charge in [0.15, 0.2) is 0 Å². The van der Waals surface area contributed by atoms with E-state index < -0.39 is 0 Å². The van der Waals surface area contributed by atoms with Gasteiger partial charge in [-0.05, 0) is 154 Å². The van der Waals surface area contributed by atoms with Crippen LogP contribution in [0.25, 0.3) is 72.7 Å². The fourth-order valence-corrected chi connectivity index (χ4v) is 19.2. The predicted octanol–water partition coefficient (Wildman–Crippen LogP) is 25.6. The van der Waals surface area contributed by atoms with Crippen molar-refractivity contribution in [3.8, 4) is 0 Å². The van der Waals surface area contributed by atoms with E-state index in [1.54, 1.807) is 0 Å². The second kappa shape index (κ2) is 22.5. The lowest BCUT2D eigenvalue weighted by atomic mass is 9.89. The van der Waals surface area contributed by atoms with Crippen LogP contribution < -0.4 is 19.6 Å². The van der Waals surface area contributed by atoms with E-state index in [4.69, 9.17) is 0 Å². The minimum absolute atomic E-state index is 0.880. The number of aryl methyl sites for hydroxylation is 4. The Labute approximate surface area is 529 Å². The van der Waals surface area contributed by atoms with Crippen molar-refractivity contribution in [2.75, 3.05) is 19.6 Å². The molecule has 0 atom stereocenters. The molecule has 8 heteroatoms. The highest BCUT2D eigenvalue weighted by molar-refractivity contribution is 7.24.